The first-order valence-corrected chi connectivity index (χ1v) is 7.30. The predicted molar refractivity (Wildman–Crippen MR) is 87.7 cm³/mol. The fourth-order valence-electron chi connectivity index (χ4n) is 2.47. The molecule has 0 aliphatic rings. The zero-order valence-corrected chi connectivity index (χ0v) is 12.8. The molecule has 0 saturated carbocycles. The van der Waals surface area contributed by atoms with Gasteiger partial charge in [0, 0.05) is 18.3 Å². The van der Waals surface area contributed by atoms with E-state index in [4.69, 9.17) is 0 Å². The second kappa shape index (κ2) is 6.93. The van der Waals surface area contributed by atoms with Crippen LogP contribution >= 0.6 is 0 Å². The molecular weight excluding hydrogens is 260 g/mol. The van der Waals surface area contributed by atoms with Gasteiger partial charge in [-0.15, -0.1) is 0 Å². The minimum atomic E-state index is -0.0519. The van der Waals surface area contributed by atoms with Crippen molar-refractivity contribution in [1.82, 2.24) is 5.32 Å². The number of nitrogens with one attached hydrogen (secondary N) is 2. The summed E-state index contributed by atoms with van der Waals surface area (Å²) >= 11 is 0. The lowest BCUT2D eigenvalue weighted by atomic mass is 10.0. The quantitative estimate of drug-likeness (QED) is 0.872. The lowest BCUT2D eigenvalue weighted by molar-refractivity contribution is 0.0962. The number of amides is 1. The van der Waals surface area contributed by atoms with Crippen LogP contribution in [-0.4, -0.2) is 13.0 Å². The van der Waals surface area contributed by atoms with Crippen molar-refractivity contribution in [3.63, 3.8) is 0 Å². The van der Waals surface area contributed by atoms with Crippen LogP contribution in [0.15, 0.2) is 48.5 Å². The molecule has 0 heterocycles. The molecule has 21 heavy (non-hydrogen) atoms. The smallest absolute Gasteiger partial charge is 0.251 e. The molecule has 1 unspecified atom stereocenters. The second-order valence-electron chi connectivity index (χ2n) is 5.07. The Morgan fingerprint density at radius 3 is 2.43 bits per heavy atom. The summed E-state index contributed by atoms with van der Waals surface area (Å²) in [6.45, 7) is 4.13. The fourth-order valence-corrected chi connectivity index (χ4v) is 2.47. The first kappa shape index (κ1) is 15.1. The van der Waals surface area contributed by atoms with Crippen molar-refractivity contribution in [2.45, 2.75) is 26.3 Å². The molecule has 3 nitrogen and oxygen atoms in total. The van der Waals surface area contributed by atoms with Crippen LogP contribution < -0.4 is 10.6 Å². The van der Waals surface area contributed by atoms with Crippen molar-refractivity contribution in [1.29, 1.82) is 0 Å². The van der Waals surface area contributed by atoms with E-state index in [2.05, 4.69) is 29.7 Å². The van der Waals surface area contributed by atoms with E-state index in [1.54, 1.807) is 7.05 Å². The number of benzene rings is 2. The zero-order valence-electron chi connectivity index (χ0n) is 12.8. The molecule has 2 rings (SSSR count). The van der Waals surface area contributed by atoms with Gasteiger partial charge in [-0.2, -0.15) is 0 Å². The summed E-state index contributed by atoms with van der Waals surface area (Å²) in [6, 6.07) is 16.4. The summed E-state index contributed by atoms with van der Waals surface area (Å²) < 4.78 is 0. The van der Waals surface area contributed by atoms with Crippen LogP contribution in [-0.2, 0) is 0 Å². The number of hydrogen-bond donors (Lipinski definition) is 2. The van der Waals surface area contributed by atoms with E-state index in [1.165, 1.54) is 5.56 Å². The van der Waals surface area contributed by atoms with Gasteiger partial charge in [0.1, 0.15) is 0 Å². The van der Waals surface area contributed by atoms with Gasteiger partial charge in [-0.05, 0) is 36.6 Å². The number of anilines is 1. The van der Waals surface area contributed by atoms with Crippen LogP contribution in [0.4, 0.5) is 5.69 Å². The molecule has 1 amide bonds. The topological polar surface area (TPSA) is 41.1 Å². The van der Waals surface area contributed by atoms with E-state index in [1.807, 2.05) is 43.3 Å². The Kier molecular flexibility index (Phi) is 4.99. The highest BCUT2D eigenvalue weighted by molar-refractivity contribution is 5.96. The van der Waals surface area contributed by atoms with Crippen molar-refractivity contribution in [2.24, 2.45) is 0 Å². The van der Waals surface area contributed by atoms with Crippen LogP contribution in [0.25, 0.3) is 0 Å². The molecule has 0 fully saturated rings. The minimum absolute atomic E-state index is 0.0519. The standard InChI is InChI=1S/C18H22N2O/c1-4-16(14-9-6-5-7-10-14)20-17-12-8-11-15(13(17)2)18(21)19-3/h5-12,16,20H,4H2,1-3H3,(H,19,21). The molecule has 3 heteroatoms. The third-order valence-corrected chi connectivity index (χ3v) is 3.75. The molecule has 1 atom stereocenters. The van der Waals surface area contributed by atoms with Gasteiger partial charge >= 0.3 is 0 Å². The summed E-state index contributed by atoms with van der Waals surface area (Å²) in [5.41, 5.74) is 3.95. The molecule has 2 N–H and O–H groups in total. The Bertz CT molecular complexity index is 608. The molecule has 0 bridgehead atoms. The van der Waals surface area contributed by atoms with Gasteiger partial charge in [0.05, 0.1) is 6.04 Å². The highest BCUT2D eigenvalue weighted by Crippen LogP contribution is 2.26. The van der Waals surface area contributed by atoms with Gasteiger partial charge in [-0.1, -0.05) is 43.3 Å². The normalized spacial score (nSPS) is 11.8. The van der Waals surface area contributed by atoms with Crippen molar-refractivity contribution in [3.8, 4) is 0 Å². The maximum atomic E-state index is 11.9. The SMILES string of the molecule is CCC(Nc1cccc(C(=O)NC)c1C)c1ccccc1. The maximum absolute atomic E-state index is 11.9. The van der Waals surface area contributed by atoms with E-state index in [0.717, 1.165) is 17.7 Å². The Balaban J connectivity index is 2.28. The third kappa shape index (κ3) is 3.43. The Morgan fingerprint density at radius 1 is 1.10 bits per heavy atom. The largest absolute Gasteiger partial charge is 0.378 e. The van der Waals surface area contributed by atoms with Crippen LogP contribution in [0.5, 0.6) is 0 Å². The minimum Gasteiger partial charge on any atom is -0.378 e. The van der Waals surface area contributed by atoms with Crippen LogP contribution in [0.2, 0.25) is 0 Å². The van der Waals surface area contributed by atoms with Crippen LogP contribution in [0.3, 0.4) is 0 Å². The van der Waals surface area contributed by atoms with Crippen molar-refractivity contribution in [3.05, 3.63) is 65.2 Å². The summed E-state index contributed by atoms with van der Waals surface area (Å²) in [4.78, 5) is 11.9. The molecule has 0 aliphatic heterocycles. The summed E-state index contributed by atoms with van der Waals surface area (Å²) in [6.07, 6.45) is 0.980. The first-order chi connectivity index (χ1) is 10.2. The number of carbonyl (C=O) groups is 1. The average molecular weight is 282 g/mol. The van der Waals surface area contributed by atoms with Crippen molar-refractivity contribution >= 4 is 11.6 Å². The number of carbonyl (C=O) groups excluding carboxylic acids is 1. The lowest BCUT2D eigenvalue weighted by Crippen LogP contribution is -2.20. The molecule has 2 aromatic carbocycles. The molecule has 0 spiro atoms. The van der Waals surface area contributed by atoms with Crippen molar-refractivity contribution < 1.29 is 4.79 Å². The molecule has 0 aromatic heterocycles. The van der Waals surface area contributed by atoms with Gasteiger partial charge in [-0.25, -0.2) is 0 Å². The van der Waals surface area contributed by atoms with Gasteiger partial charge in [-0.3, -0.25) is 4.79 Å². The highest BCUT2D eigenvalue weighted by Gasteiger charge is 2.13. The van der Waals surface area contributed by atoms with E-state index in [-0.39, 0.29) is 11.9 Å². The van der Waals surface area contributed by atoms with Gasteiger partial charge in [0.25, 0.3) is 5.91 Å². The van der Waals surface area contributed by atoms with E-state index in [9.17, 15) is 4.79 Å². The summed E-state index contributed by atoms with van der Waals surface area (Å²) in [7, 11) is 1.65. The van der Waals surface area contributed by atoms with Crippen molar-refractivity contribution in [2.75, 3.05) is 12.4 Å². The molecule has 2 aromatic rings. The van der Waals surface area contributed by atoms with E-state index < -0.39 is 0 Å². The maximum Gasteiger partial charge on any atom is 0.251 e. The monoisotopic (exact) mass is 282 g/mol. The van der Waals surface area contributed by atoms with Gasteiger partial charge in [0.15, 0.2) is 0 Å². The zero-order chi connectivity index (χ0) is 15.2. The van der Waals surface area contributed by atoms with E-state index in [0.29, 0.717) is 5.56 Å². The molecule has 0 radical (unpaired) electrons. The predicted octanol–water partition coefficient (Wildman–Crippen LogP) is 3.92. The molecule has 0 aliphatic carbocycles. The lowest BCUT2D eigenvalue weighted by Gasteiger charge is -2.21. The second-order valence-corrected chi connectivity index (χ2v) is 5.07. The number of rotatable bonds is 5. The first-order valence-electron chi connectivity index (χ1n) is 7.30. The Morgan fingerprint density at radius 2 is 1.81 bits per heavy atom. The Labute approximate surface area is 126 Å². The van der Waals surface area contributed by atoms with E-state index >= 15 is 0 Å². The number of hydrogen-bond acceptors (Lipinski definition) is 2. The summed E-state index contributed by atoms with van der Waals surface area (Å²) in [5, 5.41) is 6.23. The highest BCUT2D eigenvalue weighted by atomic mass is 16.1. The summed E-state index contributed by atoms with van der Waals surface area (Å²) in [5.74, 6) is -0.0519. The molecular formula is C18H22N2O. The molecule has 0 saturated heterocycles. The van der Waals surface area contributed by atoms with Crippen LogP contribution in [0.1, 0.15) is 40.9 Å². The average Bonchev–Trinajstić information content (AvgIpc) is 2.54. The van der Waals surface area contributed by atoms with Gasteiger partial charge in [0.2, 0.25) is 0 Å². The van der Waals surface area contributed by atoms with Gasteiger partial charge < -0.3 is 10.6 Å². The molecule has 110 valence electrons. The van der Waals surface area contributed by atoms with Crippen LogP contribution in [0, 0.1) is 6.92 Å². The third-order valence-electron chi connectivity index (χ3n) is 3.75. The Hall–Kier alpha value is -2.29. The fraction of sp³-hybridized carbons (Fsp3) is 0.278.